The van der Waals surface area contributed by atoms with Gasteiger partial charge >= 0.3 is 0 Å². The first-order valence-electron chi connectivity index (χ1n) is 7.56. The highest BCUT2D eigenvalue weighted by atomic mass is 35.5. The van der Waals surface area contributed by atoms with Gasteiger partial charge in [0.1, 0.15) is 11.6 Å². The van der Waals surface area contributed by atoms with Crippen LogP contribution in [0.4, 0.5) is 9.52 Å². The molecule has 0 aliphatic rings. The van der Waals surface area contributed by atoms with Crippen LogP contribution in [0, 0.1) is 12.7 Å². The van der Waals surface area contributed by atoms with Crippen LogP contribution in [0.1, 0.15) is 16.4 Å². The van der Waals surface area contributed by atoms with Crippen molar-refractivity contribution in [1.82, 2.24) is 19.7 Å². The average molecular weight is 388 g/mol. The van der Waals surface area contributed by atoms with Crippen LogP contribution >= 0.6 is 22.9 Å². The van der Waals surface area contributed by atoms with E-state index < -0.39 is 5.91 Å². The van der Waals surface area contributed by atoms with E-state index >= 15 is 0 Å². The maximum Gasteiger partial charge on any atom is 0.297 e. The number of hydrogen-bond donors (Lipinski definition) is 1. The molecule has 2 aromatic heterocycles. The van der Waals surface area contributed by atoms with Gasteiger partial charge in [0.2, 0.25) is 5.82 Å². The van der Waals surface area contributed by atoms with Gasteiger partial charge < -0.3 is 0 Å². The Balaban J connectivity index is 1.59. The number of fused-ring (bicyclic) bond motifs is 1. The highest BCUT2D eigenvalue weighted by Crippen LogP contribution is 2.28. The topological polar surface area (TPSA) is 72.7 Å². The molecule has 4 rings (SSSR count). The van der Waals surface area contributed by atoms with E-state index in [0.717, 1.165) is 10.2 Å². The van der Waals surface area contributed by atoms with Crippen LogP contribution in [0.2, 0.25) is 5.02 Å². The molecule has 0 aliphatic heterocycles. The second-order valence-corrected chi connectivity index (χ2v) is 6.92. The molecule has 2 aromatic carbocycles. The van der Waals surface area contributed by atoms with Crippen molar-refractivity contribution in [3.8, 4) is 5.69 Å². The summed E-state index contributed by atoms with van der Waals surface area (Å²) < 4.78 is 15.4. The molecule has 6 nitrogen and oxygen atoms in total. The normalized spacial score (nSPS) is 11.0. The van der Waals surface area contributed by atoms with Crippen molar-refractivity contribution < 1.29 is 9.18 Å². The van der Waals surface area contributed by atoms with Crippen molar-refractivity contribution in [2.24, 2.45) is 0 Å². The van der Waals surface area contributed by atoms with E-state index in [9.17, 15) is 9.18 Å². The van der Waals surface area contributed by atoms with E-state index in [-0.39, 0.29) is 11.6 Å². The Morgan fingerprint density at radius 1 is 1.19 bits per heavy atom. The van der Waals surface area contributed by atoms with Gasteiger partial charge in [0.05, 0.1) is 15.9 Å². The predicted octanol–water partition coefficient (Wildman–Crippen LogP) is 4.23. The van der Waals surface area contributed by atoms with E-state index in [1.165, 1.54) is 28.2 Å². The fourth-order valence-electron chi connectivity index (χ4n) is 2.42. The third-order valence-electron chi connectivity index (χ3n) is 3.61. The van der Waals surface area contributed by atoms with Crippen molar-refractivity contribution in [3.05, 3.63) is 65.0 Å². The largest absolute Gasteiger partial charge is 0.297 e. The van der Waals surface area contributed by atoms with Crippen LogP contribution in [-0.2, 0) is 0 Å². The van der Waals surface area contributed by atoms with Gasteiger partial charge in [0, 0.05) is 5.02 Å². The summed E-state index contributed by atoms with van der Waals surface area (Å²) in [6.07, 6.45) is 0. The van der Waals surface area contributed by atoms with Gasteiger partial charge in [-0.2, -0.15) is 0 Å². The van der Waals surface area contributed by atoms with Crippen LogP contribution in [0.3, 0.4) is 0 Å². The number of nitrogens with zero attached hydrogens (tertiary/aromatic N) is 4. The number of thiazole rings is 1. The minimum Gasteiger partial charge on any atom is -0.295 e. The number of nitrogens with one attached hydrogen (secondary N) is 1. The summed E-state index contributed by atoms with van der Waals surface area (Å²) in [6.45, 7) is 1.72. The van der Waals surface area contributed by atoms with Crippen LogP contribution in [0.25, 0.3) is 15.9 Å². The number of anilines is 1. The van der Waals surface area contributed by atoms with Gasteiger partial charge in [-0.15, -0.1) is 5.10 Å². The molecular formula is C17H11ClFN5OS. The summed E-state index contributed by atoms with van der Waals surface area (Å²) in [4.78, 5) is 21.0. The molecule has 0 saturated carbocycles. The molecular weight excluding hydrogens is 377 g/mol. The van der Waals surface area contributed by atoms with Crippen molar-refractivity contribution in [2.75, 3.05) is 5.32 Å². The highest BCUT2D eigenvalue weighted by Gasteiger charge is 2.17. The predicted molar refractivity (Wildman–Crippen MR) is 98.6 cm³/mol. The molecule has 4 aromatic rings. The highest BCUT2D eigenvalue weighted by molar-refractivity contribution is 7.22. The monoisotopic (exact) mass is 387 g/mol. The molecule has 1 amide bonds. The number of aromatic nitrogens is 4. The van der Waals surface area contributed by atoms with Crippen molar-refractivity contribution in [3.63, 3.8) is 0 Å². The van der Waals surface area contributed by atoms with E-state index in [2.05, 4.69) is 20.4 Å². The zero-order valence-electron chi connectivity index (χ0n) is 13.4. The molecule has 0 saturated heterocycles. The SMILES string of the molecule is Cc1nc(C(=O)Nc2nc3ccc(Cl)cc3s2)nn1-c1ccc(F)cc1. The second-order valence-electron chi connectivity index (χ2n) is 5.46. The Bertz CT molecular complexity index is 1120. The number of benzene rings is 2. The number of rotatable bonds is 3. The first kappa shape index (κ1) is 16.6. The van der Waals surface area contributed by atoms with Gasteiger partial charge in [-0.1, -0.05) is 22.9 Å². The molecule has 0 unspecified atom stereocenters. The summed E-state index contributed by atoms with van der Waals surface area (Å²) >= 11 is 7.27. The molecule has 0 aliphatic carbocycles. The van der Waals surface area contributed by atoms with Gasteiger partial charge in [0.15, 0.2) is 5.13 Å². The minimum atomic E-state index is -0.473. The third-order valence-corrected chi connectivity index (χ3v) is 4.78. The Labute approximate surface area is 156 Å². The van der Waals surface area contributed by atoms with E-state index in [0.29, 0.717) is 21.7 Å². The molecule has 0 spiro atoms. The number of halogens is 2. The van der Waals surface area contributed by atoms with Gasteiger partial charge in [0.25, 0.3) is 5.91 Å². The van der Waals surface area contributed by atoms with E-state index in [1.807, 2.05) is 0 Å². The van der Waals surface area contributed by atoms with Crippen LogP contribution in [-0.4, -0.2) is 25.7 Å². The molecule has 130 valence electrons. The Hall–Kier alpha value is -2.84. The quantitative estimate of drug-likeness (QED) is 0.571. The number of hydrogen-bond acceptors (Lipinski definition) is 5. The van der Waals surface area contributed by atoms with Crippen LogP contribution in [0.15, 0.2) is 42.5 Å². The summed E-state index contributed by atoms with van der Waals surface area (Å²) in [5.41, 5.74) is 1.36. The number of carbonyl (C=O) groups excluding carboxylic acids is 1. The van der Waals surface area contributed by atoms with E-state index in [1.54, 1.807) is 37.3 Å². The standard InChI is InChI=1S/C17H11ClFN5OS/c1-9-20-15(23-24(9)12-5-3-11(19)4-6-12)16(25)22-17-21-13-7-2-10(18)8-14(13)26-17/h2-8H,1H3,(H,21,22,25). The average Bonchev–Trinajstić information content (AvgIpc) is 3.18. The lowest BCUT2D eigenvalue weighted by Gasteiger charge is -2.01. The second kappa shape index (κ2) is 6.47. The fourth-order valence-corrected chi connectivity index (χ4v) is 3.56. The van der Waals surface area contributed by atoms with E-state index in [4.69, 9.17) is 11.6 Å². The molecule has 26 heavy (non-hydrogen) atoms. The van der Waals surface area contributed by atoms with Gasteiger partial charge in [-0.05, 0) is 49.4 Å². The molecule has 1 N–H and O–H groups in total. The summed E-state index contributed by atoms with van der Waals surface area (Å²) in [7, 11) is 0. The smallest absolute Gasteiger partial charge is 0.295 e. The van der Waals surface area contributed by atoms with Crippen molar-refractivity contribution in [1.29, 1.82) is 0 Å². The Morgan fingerprint density at radius 2 is 1.96 bits per heavy atom. The van der Waals surface area contributed by atoms with Crippen LogP contribution in [0.5, 0.6) is 0 Å². The number of amides is 1. The van der Waals surface area contributed by atoms with Gasteiger partial charge in [-0.3, -0.25) is 10.1 Å². The lowest BCUT2D eigenvalue weighted by atomic mass is 10.3. The molecule has 0 atom stereocenters. The summed E-state index contributed by atoms with van der Waals surface area (Å²) in [5.74, 6) is -0.304. The fraction of sp³-hybridized carbons (Fsp3) is 0.0588. The molecule has 0 radical (unpaired) electrons. The third kappa shape index (κ3) is 3.16. The summed E-state index contributed by atoms with van der Waals surface area (Å²) in [5, 5.41) is 7.94. The maximum absolute atomic E-state index is 13.1. The first-order chi connectivity index (χ1) is 12.5. The number of carbonyl (C=O) groups is 1. The molecule has 9 heteroatoms. The Morgan fingerprint density at radius 3 is 2.73 bits per heavy atom. The Kier molecular flexibility index (Phi) is 4.14. The van der Waals surface area contributed by atoms with Crippen molar-refractivity contribution >= 4 is 44.2 Å². The van der Waals surface area contributed by atoms with Crippen molar-refractivity contribution in [2.45, 2.75) is 6.92 Å². The summed E-state index contributed by atoms with van der Waals surface area (Å²) in [6, 6.07) is 11.1. The molecule has 2 heterocycles. The zero-order chi connectivity index (χ0) is 18.3. The lowest BCUT2D eigenvalue weighted by Crippen LogP contribution is -2.14. The first-order valence-corrected chi connectivity index (χ1v) is 8.76. The molecule has 0 bridgehead atoms. The van der Waals surface area contributed by atoms with Crippen LogP contribution < -0.4 is 5.32 Å². The lowest BCUT2D eigenvalue weighted by molar-refractivity contribution is 0.101. The molecule has 0 fully saturated rings. The minimum absolute atomic E-state index is 0.00381. The zero-order valence-corrected chi connectivity index (χ0v) is 15.0. The van der Waals surface area contributed by atoms with Gasteiger partial charge in [-0.25, -0.2) is 19.0 Å². The number of aryl methyl sites for hydroxylation is 1. The maximum atomic E-state index is 13.1.